The third kappa shape index (κ3) is 5.15. The molecular weight excluding hydrogens is 198 g/mol. The first-order valence-corrected chi connectivity index (χ1v) is 5.45. The molecule has 0 spiro atoms. The van der Waals surface area contributed by atoms with Crippen LogP contribution in [-0.2, 0) is 4.79 Å². The average Bonchev–Trinajstić information content (AvgIpc) is 2.34. The van der Waals surface area contributed by atoms with Crippen LogP contribution < -0.4 is 5.32 Å². The van der Waals surface area contributed by atoms with Crippen molar-refractivity contribution in [3.8, 4) is 0 Å². The monoisotopic (exact) mass is 215 g/mol. The minimum absolute atomic E-state index is 0.105. The predicted octanol–water partition coefficient (Wildman–Crippen LogP) is 2.78. The number of allylic oxidation sites excluding steroid dienone is 1. The van der Waals surface area contributed by atoms with E-state index >= 15 is 0 Å². The third-order valence-corrected chi connectivity index (χ3v) is 2.14. The van der Waals surface area contributed by atoms with Gasteiger partial charge < -0.3 is 5.32 Å². The Bertz CT molecular complexity index is 354. The molecule has 0 fully saturated rings. The van der Waals surface area contributed by atoms with Crippen LogP contribution in [0.4, 0.5) is 0 Å². The highest BCUT2D eigenvalue weighted by atomic mass is 16.1. The molecule has 0 bridgehead atoms. The molecule has 1 N–H and O–H groups in total. The Balaban J connectivity index is 2.14. The quantitative estimate of drug-likeness (QED) is 0.573. The van der Waals surface area contributed by atoms with Crippen LogP contribution in [0.5, 0.6) is 0 Å². The van der Waals surface area contributed by atoms with Crippen LogP contribution in [0.3, 0.4) is 0 Å². The lowest BCUT2D eigenvalue weighted by Gasteiger charge is -1.98. The van der Waals surface area contributed by atoms with E-state index in [0.717, 1.165) is 12.8 Å². The van der Waals surface area contributed by atoms with E-state index in [1.165, 1.54) is 11.6 Å². The lowest BCUT2D eigenvalue weighted by Crippen LogP contribution is -2.21. The predicted molar refractivity (Wildman–Crippen MR) is 67.9 cm³/mol. The first-order chi connectivity index (χ1) is 7.83. The molecule has 1 rings (SSSR count). The molecule has 2 nitrogen and oxygen atoms in total. The third-order valence-electron chi connectivity index (χ3n) is 2.14. The number of nitrogens with one attached hydrogen (secondary N) is 1. The number of carbonyl (C=O) groups is 1. The highest BCUT2D eigenvalue weighted by Crippen LogP contribution is 2.02. The maximum absolute atomic E-state index is 10.8. The van der Waals surface area contributed by atoms with Gasteiger partial charge in [0.25, 0.3) is 0 Å². The summed E-state index contributed by atoms with van der Waals surface area (Å²) in [5.74, 6) is -0.105. The van der Waals surface area contributed by atoms with Crippen LogP contribution in [0.25, 0.3) is 6.08 Å². The van der Waals surface area contributed by atoms with E-state index in [9.17, 15) is 4.79 Å². The van der Waals surface area contributed by atoms with Gasteiger partial charge in [0.05, 0.1) is 0 Å². The van der Waals surface area contributed by atoms with Gasteiger partial charge in [0.2, 0.25) is 5.91 Å². The van der Waals surface area contributed by atoms with Crippen molar-refractivity contribution >= 4 is 12.0 Å². The standard InChI is InChI=1S/C14H17NO/c1-2-14(16)15-12-8-4-7-11-13-9-5-3-6-10-13/h2-3,5-7,9-11H,1,4,8,12H2,(H,15,16)/b11-7+. The van der Waals surface area contributed by atoms with Gasteiger partial charge in [-0.25, -0.2) is 0 Å². The molecule has 0 aliphatic carbocycles. The molecule has 0 unspecified atom stereocenters. The molecule has 2 heteroatoms. The van der Waals surface area contributed by atoms with Gasteiger partial charge in [-0.2, -0.15) is 0 Å². The minimum atomic E-state index is -0.105. The van der Waals surface area contributed by atoms with Crippen molar-refractivity contribution in [3.63, 3.8) is 0 Å². The molecule has 84 valence electrons. The van der Waals surface area contributed by atoms with Gasteiger partial charge in [-0.15, -0.1) is 0 Å². The molecule has 0 aliphatic heterocycles. The number of amides is 1. The molecule has 0 saturated carbocycles. The lowest BCUT2D eigenvalue weighted by atomic mass is 10.2. The van der Waals surface area contributed by atoms with Crippen molar-refractivity contribution in [1.82, 2.24) is 5.32 Å². The molecule has 0 radical (unpaired) electrons. The second-order valence-corrected chi connectivity index (χ2v) is 3.45. The Morgan fingerprint density at radius 3 is 2.75 bits per heavy atom. The summed E-state index contributed by atoms with van der Waals surface area (Å²) in [5, 5.41) is 2.74. The van der Waals surface area contributed by atoms with E-state index in [1.807, 2.05) is 18.2 Å². The zero-order valence-corrected chi connectivity index (χ0v) is 9.36. The fourth-order valence-corrected chi connectivity index (χ4v) is 1.29. The van der Waals surface area contributed by atoms with E-state index in [1.54, 1.807) is 0 Å². The maximum atomic E-state index is 10.8. The van der Waals surface area contributed by atoms with Crippen molar-refractivity contribution in [2.75, 3.05) is 6.54 Å². The molecule has 1 amide bonds. The van der Waals surface area contributed by atoms with E-state index in [2.05, 4.69) is 36.2 Å². The molecule has 0 heterocycles. The van der Waals surface area contributed by atoms with Crippen molar-refractivity contribution in [3.05, 3.63) is 54.6 Å². The lowest BCUT2D eigenvalue weighted by molar-refractivity contribution is -0.116. The van der Waals surface area contributed by atoms with Crippen molar-refractivity contribution in [2.45, 2.75) is 12.8 Å². The molecule has 0 saturated heterocycles. The minimum Gasteiger partial charge on any atom is -0.353 e. The van der Waals surface area contributed by atoms with Crippen LogP contribution in [-0.4, -0.2) is 12.5 Å². The number of carbonyl (C=O) groups excluding carboxylic acids is 1. The molecular formula is C14H17NO. The summed E-state index contributed by atoms with van der Waals surface area (Å²) >= 11 is 0. The number of hydrogen-bond acceptors (Lipinski definition) is 1. The number of benzene rings is 1. The second kappa shape index (κ2) is 7.46. The number of unbranched alkanes of at least 4 members (excludes halogenated alkanes) is 1. The van der Waals surface area contributed by atoms with Crippen LogP contribution >= 0.6 is 0 Å². The topological polar surface area (TPSA) is 29.1 Å². The summed E-state index contributed by atoms with van der Waals surface area (Å²) in [6.45, 7) is 4.09. The molecule has 1 aromatic rings. The number of hydrogen-bond donors (Lipinski definition) is 1. The van der Waals surface area contributed by atoms with Crippen LogP contribution in [0, 0.1) is 0 Å². The van der Waals surface area contributed by atoms with Crippen molar-refractivity contribution in [1.29, 1.82) is 0 Å². The van der Waals surface area contributed by atoms with Gasteiger partial charge in [-0.3, -0.25) is 4.79 Å². The van der Waals surface area contributed by atoms with Crippen LogP contribution in [0.15, 0.2) is 49.1 Å². The molecule has 1 aromatic carbocycles. The van der Waals surface area contributed by atoms with Gasteiger partial charge in [0, 0.05) is 6.54 Å². The van der Waals surface area contributed by atoms with E-state index in [0.29, 0.717) is 6.54 Å². The summed E-state index contributed by atoms with van der Waals surface area (Å²) in [7, 11) is 0. The summed E-state index contributed by atoms with van der Waals surface area (Å²) in [6.07, 6.45) is 7.42. The first-order valence-electron chi connectivity index (χ1n) is 5.45. The summed E-state index contributed by atoms with van der Waals surface area (Å²) in [5.41, 5.74) is 1.21. The molecule has 0 aromatic heterocycles. The largest absolute Gasteiger partial charge is 0.353 e. The summed E-state index contributed by atoms with van der Waals surface area (Å²) < 4.78 is 0. The van der Waals surface area contributed by atoms with Gasteiger partial charge >= 0.3 is 0 Å². The fraction of sp³-hybridized carbons (Fsp3) is 0.214. The molecule has 0 atom stereocenters. The molecule has 16 heavy (non-hydrogen) atoms. The van der Waals surface area contributed by atoms with E-state index in [4.69, 9.17) is 0 Å². The Morgan fingerprint density at radius 1 is 1.31 bits per heavy atom. The Labute approximate surface area is 96.7 Å². The van der Waals surface area contributed by atoms with Crippen LogP contribution in [0.1, 0.15) is 18.4 Å². The molecule has 0 aliphatic rings. The van der Waals surface area contributed by atoms with Crippen molar-refractivity contribution < 1.29 is 4.79 Å². The Hall–Kier alpha value is -1.83. The maximum Gasteiger partial charge on any atom is 0.243 e. The summed E-state index contributed by atoms with van der Waals surface area (Å²) in [4.78, 5) is 10.8. The van der Waals surface area contributed by atoms with E-state index in [-0.39, 0.29) is 5.91 Å². The summed E-state index contributed by atoms with van der Waals surface area (Å²) in [6, 6.07) is 10.2. The first kappa shape index (κ1) is 12.2. The van der Waals surface area contributed by atoms with Gasteiger partial charge in [0.15, 0.2) is 0 Å². The average molecular weight is 215 g/mol. The Morgan fingerprint density at radius 2 is 2.06 bits per heavy atom. The highest BCUT2D eigenvalue weighted by Gasteiger charge is 1.90. The smallest absolute Gasteiger partial charge is 0.243 e. The van der Waals surface area contributed by atoms with Gasteiger partial charge in [-0.1, -0.05) is 49.1 Å². The second-order valence-electron chi connectivity index (χ2n) is 3.45. The zero-order valence-electron chi connectivity index (χ0n) is 9.36. The van der Waals surface area contributed by atoms with Crippen molar-refractivity contribution in [2.24, 2.45) is 0 Å². The SMILES string of the molecule is C=CC(=O)NCCC/C=C/c1ccccc1. The normalized spacial score (nSPS) is 10.2. The fourth-order valence-electron chi connectivity index (χ4n) is 1.29. The van der Waals surface area contributed by atoms with Gasteiger partial charge in [-0.05, 0) is 24.5 Å². The Kier molecular flexibility index (Phi) is 5.71. The highest BCUT2D eigenvalue weighted by molar-refractivity contribution is 5.86. The number of rotatable bonds is 6. The van der Waals surface area contributed by atoms with E-state index < -0.39 is 0 Å². The van der Waals surface area contributed by atoms with Gasteiger partial charge in [0.1, 0.15) is 0 Å². The zero-order chi connectivity index (χ0) is 11.6. The van der Waals surface area contributed by atoms with Crippen LogP contribution in [0.2, 0.25) is 0 Å².